The molecule has 1 unspecified atom stereocenters. The first-order chi connectivity index (χ1) is 11.8. The van der Waals surface area contributed by atoms with Gasteiger partial charge in [0.2, 0.25) is 5.91 Å². The van der Waals surface area contributed by atoms with Crippen molar-refractivity contribution < 1.29 is 14.3 Å². The lowest BCUT2D eigenvalue weighted by Crippen LogP contribution is -2.51. The van der Waals surface area contributed by atoms with Crippen molar-refractivity contribution in [1.29, 1.82) is 0 Å². The highest BCUT2D eigenvalue weighted by molar-refractivity contribution is 5.78. The van der Waals surface area contributed by atoms with Gasteiger partial charge >= 0.3 is 6.09 Å². The van der Waals surface area contributed by atoms with Gasteiger partial charge in [-0.1, -0.05) is 5.11 Å². The van der Waals surface area contributed by atoms with E-state index in [9.17, 15) is 9.59 Å². The number of carbonyl (C=O) groups is 2. The smallest absolute Gasteiger partial charge is 0.410 e. The molecule has 0 aliphatic carbocycles. The van der Waals surface area contributed by atoms with E-state index in [1.807, 2.05) is 25.7 Å². The first kappa shape index (κ1) is 19.3. The lowest BCUT2D eigenvalue weighted by Gasteiger charge is -2.36. The molecular formula is C16H28N6O3. The Balaban J connectivity index is 1.69. The third-order valence-corrected chi connectivity index (χ3v) is 4.41. The number of ether oxygens (including phenoxy) is 1. The van der Waals surface area contributed by atoms with Crippen LogP contribution >= 0.6 is 0 Å². The molecule has 1 atom stereocenters. The molecule has 140 valence electrons. The Morgan fingerprint density at radius 3 is 2.56 bits per heavy atom. The normalized spacial score (nSPS) is 22.0. The van der Waals surface area contributed by atoms with E-state index in [1.165, 1.54) is 0 Å². The van der Waals surface area contributed by atoms with Gasteiger partial charge in [-0.15, -0.1) is 0 Å². The molecule has 0 spiro atoms. The van der Waals surface area contributed by atoms with Crippen LogP contribution in [0.15, 0.2) is 5.11 Å². The van der Waals surface area contributed by atoms with Crippen molar-refractivity contribution in [3.05, 3.63) is 10.4 Å². The van der Waals surface area contributed by atoms with E-state index in [1.54, 1.807) is 4.90 Å². The van der Waals surface area contributed by atoms with Crippen molar-refractivity contribution in [2.24, 2.45) is 11.0 Å². The minimum atomic E-state index is -0.476. The summed E-state index contributed by atoms with van der Waals surface area (Å²) in [7, 11) is 0. The average molecular weight is 352 g/mol. The Morgan fingerprint density at radius 1 is 1.28 bits per heavy atom. The van der Waals surface area contributed by atoms with Crippen LogP contribution in [0.4, 0.5) is 4.79 Å². The summed E-state index contributed by atoms with van der Waals surface area (Å²) in [5.74, 6) is 0.262. The number of likely N-dealkylation sites (tertiary alicyclic amines) is 1. The van der Waals surface area contributed by atoms with Crippen molar-refractivity contribution in [2.45, 2.75) is 32.8 Å². The molecule has 2 heterocycles. The molecule has 0 aromatic carbocycles. The Hall–Kier alpha value is -1.99. The van der Waals surface area contributed by atoms with Gasteiger partial charge < -0.3 is 14.5 Å². The molecule has 2 aliphatic rings. The second kappa shape index (κ2) is 8.40. The Bertz CT molecular complexity index is 532. The second-order valence-electron chi connectivity index (χ2n) is 7.63. The van der Waals surface area contributed by atoms with E-state index in [2.05, 4.69) is 14.9 Å². The van der Waals surface area contributed by atoms with Crippen LogP contribution in [0.2, 0.25) is 0 Å². The van der Waals surface area contributed by atoms with Crippen molar-refractivity contribution in [3.8, 4) is 0 Å². The van der Waals surface area contributed by atoms with Crippen LogP contribution in [0, 0.1) is 5.92 Å². The molecule has 2 fully saturated rings. The van der Waals surface area contributed by atoms with Crippen molar-refractivity contribution in [2.75, 3.05) is 52.4 Å². The average Bonchev–Trinajstić information content (AvgIpc) is 2.90. The zero-order valence-electron chi connectivity index (χ0n) is 15.3. The molecule has 2 amide bonds. The number of carbonyl (C=O) groups excluding carboxylic acids is 2. The molecule has 9 heteroatoms. The lowest BCUT2D eigenvalue weighted by molar-refractivity contribution is -0.127. The second-order valence-corrected chi connectivity index (χ2v) is 7.63. The summed E-state index contributed by atoms with van der Waals surface area (Å²) in [6.07, 6.45) is 0.202. The predicted octanol–water partition coefficient (Wildman–Crippen LogP) is 1.70. The van der Waals surface area contributed by atoms with Crippen LogP contribution < -0.4 is 0 Å². The fourth-order valence-corrected chi connectivity index (χ4v) is 3.09. The highest BCUT2D eigenvalue weighted by Gasteiger charge is 2.30. The van der Waals surface area contributed by atoms with Crippen LogP contribution in [0.5, 0.6) is 0 Å². The van der Waals surface area contributed by atoms with E-state index < -0.39 is 5.60 Å². The van der Waals surface area contributed by atoms with Crippen LogP contribution in [0.1, 0.15) is 27.2 Å². The van der Waals surface area contributed by atoms with E-state index in [0.717, 1.165) is 19.6 Å². The summed E-state index contributed by atoms with van der Waals surface area (Å²) < 4.78 is 5.39. The fourth-order valence-electron chi connectivity index (χ4n) is 3.09. The third-order valence-electron chi connectivity index (χ3n) is 4.41. The van der Waals surface area contributed by atoms with Gasteiger partial charge in [0.25, 0.3) is 0 Å². The SMILES string of the molecule is CC(C)(C)OC(=O)N1CCN(CCN2CC(CN=[N+]=[N-])CC2=O)CC1. The van der Waals surface area contributed by atoms with Gasteiger partial charge in [-0.3, -0.25) is 9.69 Å². The monoisotopic (exact) mass is 352 g/mol. The molecule has 25 heavy (non-hydrogen) atoms. The topological polar surface area (TPSA) is 102 Å². The Morgan fingerprint density at radius 2 is 1.96 bits per heavy atom. The largest absolute Gasteiger partial charge is 0.444 e. The van der Waals surface area contributed by atoms with Gasteiger partial charge in [-0.2, -0.15) is 0 Å². The minimum Gasteiger partial charge on any atom is -0.444 e. The molecule has 2 rings (SSSR count). The van der Waals surface area contributed by atoms with Gasteiger partial charge in [0.05, 0.1) is 0 Å². The molecular weight excluding hydrogens is 324 g/mol. The molecule has 0 aromatic rings. The molecule has 0 aromatic heterocycles. The van der Waals surface area contributed by atoms with Crippen molar-refractivity contribution >= 4 is 12.0 Å². The van der Waals surface area contributed by atoms with Gasteiger partial charge in [-0.05, 0) is 32.2 Å². The highest BCUT2D eigenvalue weighted by Crippen LogP contribution is 2.18. The minimum absolute atomic E-state index is 0.130. The van der Waals surface area contributed by atoms with Gasteiger partial charge in [-0.25, -0.2) is 4.79 Å². The summed E-state index contributed by atoms with van der Waals surface area (Å²) in [6, 6.07) is 0. The molecule has 0 N–H and O–H groups in total. The van der Waals surface area contributed by atoms with Crippen LogP contribution in [-0.4, -0.2) is 84.7 Å². The van der Waals surface area contributed by atoms with E-state index >= 15 is 0 Å². The first-order valence-electron chi connectivity index (χ1n) is 8.77. The standard InChI is InChI=1S/C16H28N6O3/c1-16(2,3)25-15(24)21-7-4-20(5-8-21)6-9-22-12-13(10-14(22)23)11-18-19-17/h13H,4-12H2,1-3H3. The number of azide groups is 1. The number of hydrogen-bond donors (Lipinski definition) is 0. The summed E-state index contributed by atoms with van der Waals surface area (Å²) >= 11 is 0. The van der Waals surface area contributed by atoms with E-state index in [4.69, 9.17) is 10.3 Å². The summed E-state index contributed by atoms with van der Waals surface area (Å²) in [5.41, 5.74) is 7.90. The van der Waals surface area contributed by atoms with Crippen molar-refractivity contribution in [3.63, 3.8) is 0 Å². The lowest BCUT2D eigenvalue weighted by atomic mass is 10.1. The number of amides is 2. The maximum Gasteiger partial charge on any atom is 0.410 e. The Labute approximate surface area is 148 Å². The molecule has 2 aliphatic heterocycles. The maximum absolute atomic E-state index is 12.1. The van der Waals surface area contributed by atoms with E-state index in [-0.39, 0.29) is 17.9 Å². The van der Waals surface area contributed by atoms with Crippen LogP contribution in [0.25, 0.3) is 10.4 Å². The molecule has 0 saturated carbocycles. The molecule has 9 nitrogen and oxygen atoms in total. The highest BCUT2D eigenvalue weighted by atomic mass is 16.6. The zero-order valence-corrected chi connectivity index (χ0v) is 15.3. The Kier molecular flexibility index (Phi) is 6.50. The van der Waals surface area contributed by atoms with Gasteiger partial charge in [0.1, 0.15) is 5.60 Å². The summed E-state index contributed by atoms with van der Waals surface area (Å²) in [5, 5.41) is 3.56. The predicted molar refractivity (Wildman–Crippen MR) is 92.9 cm³/mol. The van der Waals surface area contributed by atoms with Crippen LogP contribution in [-0.2, 0) is 9.53 Å². The van der Waals surface area contributed by atoms with Crippen molar-refractivity contribution in [1.82, 2.24) is 14.7 Å². The van der Waals surface area contributed by atoms with Gasteiger partial charge in [0.15, 0.2) is 0 Å². The maximum atomic E-state index is 12.1. The van der Waals surface area contributed by atoms with Gasteiger partial charge in [0, 0.05) is 63.7 Å². The first-order valence-corrected chi connectivity index (χ1v) is 8.77. The number of hydrogen-bond acceptors (Lipinski definition) is 5. The summed E-state index contributed by atoms with van der Waals surface area (Å²) in [4.78, 5) is 32.6. The van der Waals surface area contributed by atoms with Crippen LogP contribution in [0.3, 0.4) is 0 Å². The fraction of sp³-hybridized carbons (Fsp3) is 0.875. The molecule has 2 saturated heterocycles. The quantitative estimate of drug-likeness (QED) is 0.427. The third kappa shape index (κ3) is 6.10. The number of piperazine rings is 1. The number of nitrogens with zero attached hydrogens (tertiary/aromatic N) is 6. The van der Waals surface area contributed by atoms with E-state index in [0.29, 0.717) is 39.1 Å². The molecule has 0 radical (unpaired) electrons. The molecule has 0 bridgehead atoms. The zero-order chi connectivity index (χ0) is 18.4. The number of rotatable bonds is 5. The summed E-state index contributed by atoms with van der Waals surface area (Å²) in [6.45, 7) is 11.0.